The zero-order valence-corrected chi connectivity index (χ0v) is 14.0. The Labute approximate surface area is 142 Å². The minimum Gasteiger partial charge on any atom is -0.465 e. The van der Waals surface area contributed by atoms with Gasteiger partial charge in [-0.1, -0.05) is 30.3 Å². The lowest BCUT2D eigenvalue weighted by Crippen LogP contribution is -2.17. The fourth-order valence-corrected chi connectivity index (χ4v) is 3.29. The van der Waals surface area contributed by atoms with Gasteiger partial charge in [0.25, 0.3) is 5.91 Å². The Morgan fingerprint density at radius 1 is 1.21 bits per heavy atom. The summed E-state index contributed by atoms with van der Waals surface area (Å²) >= 11 is 1.28. The number of nitrogens with one attached hydrogen (secondary N) is 1. The number of aryl methyl sites for hydroxylation is 1. The molecule has 0 unspecified atom stereocenters. The highest BCUT2D eigenvalue weighted by molar-refractivity contribution is 7.18. The lowest BCUT2D eigenvalue weighted by atomic mass is 10.2. The summed E-state index contributed by atoms with van der Waals surface area (Å²) in [5, 5.41) is 6.74. The Morgan fingerprint density at radius 3 is 2.58 bits per heavy atom. The number of methoxy groups -OCH3 is 1. The number of amides is 1. The van der Waals surface area contributed by atoms with E-state index in [1.165, 1.54) is 23.1 Å². The first kappa shape index (κ1) is 15.9. The Morgan fingerprint density at radius 2 is 1.96 bits per heavy atom. The number of carbonyl (C=O) groups excluding carboxylic acids is 2. The molecule has 1 N–H and O–H groups in total. The van der Waals surface area contributed by atoms with Crippen molar-refractivity contribution in [2.75, 3.05) is 12.4 Å². The zero-order valence-electron chi connectivity index (χ0n) is 13.1. The van der Waals surface area contributed by atoms with Gasteiger partial charge in [-0.3, -0.25) is 9.48 Å². The van der Waals surface area contributed by atoms with Gasteiger partial charge in [-0.2, -0.15) is 5.10 Å². The average molecular weight is 341 g/mol. The molecule has 0 saturated carbocycles. The van der Waals surface area contributed by atoms with Crippen LogP contribution in [0.3, 0.4) is 0 Å². The number of ether oxygens (including phenoxy) is 1. The first-order valence-electron chi connectivity index (χ1n) is 7.17. The van der Waals surface area contributed by atoms with Crippen LogP contribution in [-0.2, 0) is 11.8 Å². The monoisotopic (exact) mass is 341 g/mol. The van der Waals surface area contributed by atoms with E-state index in [1.54, 1.807) is 25.4 Å². The summed E-state index contributed by atoms with van der Waals surface area (Å²) in [6.45, 7) is 0. The third kappa shape index (κ3) is 3.07. The van der Waals surface area contributed by atoms with E-state index < -0.39 is 5.97 Å². The Hall–Kier alpha value is -2.93. The van der Waals surface area contributed by atoms with Gasteiger partial charge in [-0.05, 0) is 17.7 Å². The third-order valence-corrected chi connectivity index (χ3v) is 4.63. The highest BCUT2D eigenvalue weighted by Gasteiger charge is 2.20. The van der Waals surface area contributed by atoms with Gasteiger partial charge >= 0.3 is 5.97 Å². The minimum atomic E-state index is -0.484. The van der Waals surface area contributed by atoms with E-state index in [4.69, 9.17) is 4.74 Å². The Bertz CT molecular complexity index is 884. The quantitative estimate of drug-likeness (QED) is 0.740. The Kier molecular flexibility index (Phi) is 4.43. The summed E-state index contributed by atoms with van der Waals surface area (Å²) in [6.07, 6.45) is 1.54. The highest BCUT2D eigenvalue weighted by Crippen LogP contribution is 2.35. The van der Waals surface area contributed by atoms with Gasteiger partial charge in [0, 0.05) is 18.1 Å². The van der Waals surface area contributed by atoms with Crippen molar-refractivity contribution < 1.29 is 14.3 Å². The molecule has 1 aromatic carbocycles. The number of aromatic nitrogens is 2. The number of thiophene rings is 1. The first-order chi connectivity index (χ1) is 11.6. The number of hydrogen-bond donors (Lipinski definition) is 1. The summed E-state index contributed by atoms with van der Waals surface area (Å²) in [5.41, 5.74) is 1.80. The topological polar surface area (TPSA) is 73.2 Å². The summed E-state index contributed by atoms with van der Waals surface area (Å²) in [5.74, 6) is -0.819. The molecule has 2 aromatic heterocycles. The van der Waals surface area contributed by atoms with Crippen LogP contribution < -0.4 is 5.32 Å². The van der Waals surface area contributed by atoms with Crippen LogP contribution in [0.4, 0.5) is 5.69 Å². The normalized spacial score (nSPS) is 10.4. The van der Waals surface area contributed by atoms with Gasteiger partial charge < -0.3 is 10.1 Å². The molecule has 0 radical (unpaired) electrons. The number of benzene rings is 1. The fraction of sp³-hybridized carbons (Fsp3) is 0.118. The predicted octanol–water partition coefficient (Wildman–Crippen LogP) is 3.19. The van der Waals surface area contributed by atoms with Crippen molar-refractivity contribution in [2.45, 2.75) is 0 Å². The largest absolute Gasteiger partial charge is 0.465 e. The molecule has 0 fully saturated rings. The smallest absolute Gasteiger partial charge is 0.350 e. The Balaban J connectivity index is 1.97. The second-order valence-corrected chi connectivity index (χ2v) is 6.06. The van der Waals surface area contributed by atoms with Crippen LogP contribution >= 0.6 is 11.3 Å². The van der Waals surface area contributed by atoms with Gasteiger partial charge in [0.05, 0.1) is 12.8 Å². The van der Waals surface area contributed by atoms with E-state index in [-0.39, 0.29) is 5.91 Å². The second-order valence-electron chi connectivity index (χ2n) is 5.01. The van der Waals surface area contributed by atoms with E-state index in [0.29, 0.717) is 16.3 Å². The first-order valence-corrected chi connectivity index (χ1v) is 7.98. The van der Waals surface area contributed by atoms with E-state index in [1.807, 2.05) is 30.3 Å². The molecule has 1 amide bonds. The molecular formula is C17H15N3O3S. The molecular weight excluding hydrogens is 326 g/mol. The van der Waals surface area contributed by atoms with Crippen LogP contribution in [0.2, 0.25) is 0 Å². The molecule has 3 aromatic rings. The van der Waals surface area contributed by atoms with Crippen molar-refractivity contribution in [1.29, 1.82) is 0 Å². The highest BCUT2D eigenvalue weighted by atomic mass is 32.1. The van der Waals surface area contributed by atoms with Crippen molar-refractivity contribution in [3.05, 3.63) is 59.2 Å². The van der Waals surface area contributed by atoms with Crippen LogP contribution in [0.25, 0.3) is 10.4 Å². The van der Waals surface area contributed by atoms with Crippen molar-refractivity contribution in [1.82, 2.24) is 9.78 Å². The summed E-state index contributed by atoms with van der Waals surface area (Å²) in [7, 11) is 3.00. The standard InChI is InChI=1S/C17H15N3O3S/c1-20-13(8-9-18-20)16(21)19-12-10-14(11-6-4-3-5-7-11)24-15(12)17(22)23-2/h3-10H,1-2H3,(H,19,21). The molecule has 0 spiro atoms. The lowest BCUT2D eigenvalue weighted by molar-refractivity contribution is 0.0607. The van der Waals surface area contributed by atoms with Gasteiger partial charge in [0.15, 0.2) is 0 Å². The number of hydrogen-bond acceptors (Lipinski definition) is 5. The zero-order chi connectivity index (χ0) is 17.1. The molecule has 0 aliphatic heterocycles. The maximum atomic E-state index is 12.4. The molecule has 0 aliphatic rings. The van der Waals surface area contributed by atoms with Crippen LogP contribution in [0.1, 0.15) is 20.2 Å². The SMILES string of the molecule is COC(=O)c1sc(-c2ccccc2)cc1NC(=O)c1ccnn1C. The molecule has 0 bridgehead atoms. The van der Waals surface area contributed by atoms with E-state index >= 15 is 0 Å². The van der Waals surface area contributed by atoms with Crippen LogP contribution in [0.15, 0.2) is 48.7 Å². The van der Waals surface area contributed by atoms with Gasteiger partial charge in [0.2, 0.25) is 0 Å². The number of esters is 1. The maximum absolute atomic E-state index is 12.4. The molecule has 0 saturated heterocycles. The van der Waals surface area contributed by atoms with Crippen molar-refractivity contribution in [3.63, 3.8) is 0 Å². The van der Waals surface area contributed by atoms with Gasteiger partial charge in [-0.25, -0.2) is 4.79 Å². The van der Waals surface area contributed by atoms with Crippen LogP contribution in [0.5, 0.6) is 0 Å². The summed E-state index contributed by atoms with van der Waals surface area (Å²) in [6, 6.07) is 13.0. The van der Waals surface area contributed by atoms with E-state index in [9.17, 15) is 9.59 Å². The molecule has 2 heterocycles. The van der Waals surface area contributed by atoms with Crippen molar-refractivity contribution >= 4 is 28.9 Å². The number of nitrogens with zero attached hydrogens (tertiary/aromatic N) is 2. The van der Waals surface area contributed by atoms with Gasteiger partial charge in [-0.15, -0.1) is 11.3 Å². The van der Waals surface area contributed by atoms with E-state index in [0.717, 1.165) is 10.4 Å². The molecule has 3 rings (SSSR count). The molecule has 0 aliphatic carbocycles. The van der Waals surface area contributed by atoms with Gasteiger partial charge in [0.1, 0.15) is 10.6 Å². The summed E-state index contributed by atoms with van der Waals surface area (Å²) in [4.78, 5) is 25.6. The summed E-state index contributed by atoms with van der Waals surface area (Å²) < 4.78 is 6.29. The third-order valence-electron chi connectivity index (χ3n) is 3.46. The lowest BCUT2D eigenvalue weighted by Gasteiger charge is -2.05. The minimum absolute atomic E-state index is 0.336. The number of anilines is 1. The molecule has 0 atom stereocenters. The van der Waals surface area contributed by atoms with Crippen LogP contribution in [-0.4, -0.2) is 28.8 Å². The molecule has 24 heavy (non-hydrogen) atoms. The molecule has 122 valence electrons. The maximum Gasteiger partial charge on any atom is 0.350 e. The van der Waals surface area contributed by atoms with Crippen molar-refractivity contribution in [2.24, 2.45) is 7.05 Å². The van der Waals surface area contributed by atoms with Crippen LogP contribution in [0, 0.1) is 0 Å². The predicted molar refractivity (Wildman–Crippen MR) is 92.3 cm³/mol. The average Bonchev–Trinajstić information content (AvgIpc) is 3.21. The number of rotatable bonds is 4. The van der Waals surface area contributed by atoms with Crippen molar-refractivity contribution in [3.8, 4) is 10.4 Å². The molecule has 6 nitrogen and oxygen atoms in total. The van der Waals surface area contributed by atoms with E-state index in [2.05, 4.69) is 10.4 Å². The number of carbonyl (C=O) groups is 2. The molecule has 7 heteroatoms. The fourth-order valence-electron chi connectivity index (χ4n) is 2.26. The second kappa shape index (κ2) is 6.67.